The van der Waals surface area contributed by atoms with Gasteiger partial charge in [-0.25, -0.2) is 18.6 Å². The second kappa shape index (κ2) is 18.5. The molecule has 3 aliphatic rings. The quantitative estimate of drug-likeness (QED) is 0.112. The highest BCUT2D eigenvalue weighted by atomic mass is 35.5. The molecule has 0 saturated carbocycles. The number of piperazine rings is 1. The van der Waals surface area contributed by atoms with Gasteiger partial charge in [0.15, 0.2) is 5.82 Å². The maximum atomic E-state index is 17.7. The topological polar surface area (TPSA) is 106 Å². The first-order valence-corrected chi connectivity index (χ1v) is 22.3. The molecular weight excluding hydrogens is 885 g/mol. The van der Waals surface area contributed by atoms with Crippen LogP contribution in [0.2, 0.25) is 5.02 Å². The number of amides is 1. The molecule has 3 aromatic carbocycles. The summed E-state index contributed by atoms with van der Waals surface area (Å²) in [6.45, 7) is 9.00. The van der Waals surface area contributed by atoms with Crippen LogP contribution in [0.4, 0.5) is 38.4 Å². The molecule has 0 radical (unpaired) electrons. The average Bonchev–Trinajstić information content (AvgIpc) is 3.80. The smallest absolute Gasteiger partial charge is 0.418 e. The molecular formula is C48H53ClF5N7O5. The van der Waals surface area contributed by atoms with E-state index in [1.165, 1.54) is 19.1 Å². The van der Waals surface area contributed by atoms with Crippen molar-refractivity contribution in [3.05, 3.63) is 93.8 Å². The highest BCUT2D eigenvalue weighted by Crippen LogP contribution is 2.46. The van der Waals surface area contributed by atoms with Gasteiger partial charge in [-0.2, -0.15) is 23.1 Å². The van der Waals surface area contributed by atoms with Crippen LogP contribution in [0.5, 0.6) is 17.5 Å². The number of rotatable bonds is 12. The van der Waals surface area contributed by atoms with Gasteiger partial charge in [0.1, 0.15) is 47.0 Å². The third kappa shape index (κ3) is 9.87. The summed E-state index contributed by atoms with van der Waals surface area (Å²) in [5, 5.41) is -0.232. The first-order valence-electron chi connectivity index (χ1n) is 21.9. The number of carbonyl (C=O) groups is 1. The van der Waals surface area contributed by atoms with Gasteiger partial charge in [-0.3, -0.25) is 4.90 Å². The van der Waals surface area contributed by atoms with Crippen molar-refractivity contribution in [2.75, 3.05) is 69.9 Å². The number of hydrogen-bond donors (Lipinski definition) is 0. The van der Waals surface area contributed by atoms with Crippen LogP contribution in [0.15, 0.2) is 60.7 Å². The number of alkyl halides is 4. The molecule has 3 saturated heterocycles. The van der Waals surface area contributed by atoms with E-state index in [4.69, 9.17) is 35.5 Å². The number of fused-ring (bicyclic) bond motifs is 2. The Balaban J connectivity index is 1.24. The second-order valence-corrected chi connectivity index (χ2v) is 18.6. The van der Waals surface area contributed by atoms with Gasteiger partial charge in [-0.05, 0) is 100 Å². The van der Waals surface area contributed by atoms with Crippen LogP contribution in [0.1, 0.15) is 62.3 Å². The van der Waals surface area contributed by atoms with E-state index in [-0.39, 0.29) is 98.0 Å². The van der Waals surface area contributed by atoms with Gasteiger partial charge in [-0.15, -0.1) is 0 Å². The van der Waals surface area contributed by atoms with E-state index in [1.54, 1.807) is 69.1 Å². The molecule has 1 amide bonds. The summed E-state index contributed by atoms with van der Waals surface area (Å²) in [5.74, 6) is 0.443. The van der Waals surface area contributed by atoms with Crippen LogP contribution in [0.3, 0.4) is 0 Å². The number of aryl methyl sites for hydroxylation is 1. The molecule has 0 aliphatic carbocycles. The van der Waals surface area contributed by atoms with Crippen molar-refractivity contribution in [1.82, 2.24) is 24.8 Å². The van der Waals surface area contributed by atoms with Crippen molar-refractivity contribution >= 4 is 40.2 Å². The van der Waals surface area contributed by atoms with Crippen LogP contribution in [0.25, 0.3) is 22.2 Å². The Hall–Kier alpha value is -5.68. The van der Waals surface area contributed by atoms with Crippen LogP contribution >= 0.6 is 11.6 Å². The normalized spacial score (nSPS) is 19.0. The third-order valence-corrected chi connectivity index (χ3v) is 12.7. The minimum Gasteiger partial charge on any atom is -0.497 e. The number of pyridine rings is 1. The SMILES string of the molecule is COc1ccc(CN(Cc2ccc(OC)cc2)c2cc(C)c(C(F)(F)F)c(-c3c(Cl)cc4c(N5CCN(C(=O)OC(C)(C)C)CC5)nc(OC[C@]56CCCN5C[C@H](F)C6)nc4c3F)n2)cc1. The lowest BCUT2D eigenvalue weighted by Gasteiger charge is -2.36. The van der Waals surface area contributed by atoms with Gasteiger partial charge < -0.3 is 33.6 Å². The van der Waals surface area contributed by atoms with E-state index in [0.717, 1.165) is 17.5 Å². The summed E-state index contributed by atoms with van der Waals surface area (Å²) in [6, 6.07) is 17.0. The number of halogens is 6. The number of carbonyl (C=O) groups excluding carboxylic acids is 1. The molecule has 18 heteroatoms. The summed E-state index contributed by atoms with van der Waals surface area (Å²) in [5.41, 5.74) is -2.72. The summed E-state index contributed by atoms with van der Waals surface area (Å²) < 4.78 is 101. The Morgan fingerprint density at radius 3 is 2.09 bits per heavy atom. The van der Waals surface area contributed by atoms with Crippen molar-refractivity contribution in [3.63, 3.8) is 0 Å². The lowest BCUT2D eigenvalue weighted by Crippen LogP contribution is -2.50. The third-order valence-electron chi connectivity index (χ3n) is 12.4. The Labute approximate surface area is 385 Å². The molecule has 12 nitrogen and oxygen atoms in total. The summed E-state index contributed by atoms with van der Waals surface area (Å²) in [7, 11) is 3.10. The fourth-order valence-corrected chi connectivity index (χ4v) is 9.52. The van der Waals surface area contributed by atoms with E-state index in [0.29, 0.717) is 24.5 Å². The fourth-order valence-electron chi connectivity index (χ4n) is 9.23. The van der Waals surface area contributed by atoms with E-state index < -0.39 is 52.2 Å². The Bertz CT molecular complexity index is 2520. The number of benzene rings is 3. The first-order chi connectivity index (χ1) is 31.3. The van der Waals surface area contributed by atoms with Gasteiger partial charge in [-0.1, -0.05) is 35.9 Å². The van der Waals surface area contributed by atoms with Crippen LogP contribution in [-0.2, 0) is 24.0 Å². The van der Waals surface area contributed by atoms with E-state index >= 15 is 17.6 Å². The van der Waals surface area contributed by atoms with E-state index in [9.17, 15) is 9.18 Å². The molecule has 8 rings (SSSR count). The average molecular weight is 938 g/mol. The van der Waals surface area contributed by atoms with Crippen molar-refractivity contribution in [2.24, 2.45) is 0 Å². The fraction of sp³-hybridized carbons (Fsp3) is 0.458. The molecule has 3 aliphatic heterocycles. The maximum Gasteiger partial charge on any atom is 0.418 e. The lowest BCUT2D eigenvalue weighted by molar-refractivity contribution is -0.137. The molecule has 2 aromatic heterocycles. The minimum absolute atomic E-state index is 0.0199. The molecule has 66 heavy (non-hydrogen) atoms. The van der Waals surface area contributed by atoms with Crippen LogP contribution < -0.4 is 24.0 Å². The first kappa shape index (κ1) is 46.8. The standard InChI is InChI=1S/C48H53ClF5N7O5/c1-29-22-37(60(25-30-8-12-33(63-5)13-9-30)26-31-10-14-34(64-6)15-11-31)55-42(39(29)48(52,53)54)38-36(49)23-35-41(40(38)51)56-44(65-28-47-16-7-17-61(47)27-32(50)24-47)57-43(35)58-18-20-59(21-19-58)45(62)66-46(2,3)4/h8-15,22-23,32H,7,16-21,24-28H2,1-6H3/t32-,47-/m1/s1. The number of methoxy groups -OCH3 is 2. The number of hydrogen-bond acceptors (Lipinski definition) is 11. The van der Waals surface area contributed by atoms with Gasteiger partial charge in [0.2, 0.25) is 0 Å². The molecule has 3 fully saturated rings. The zero-order valence-corrected chi connectivity index (χ0v) is 38.5. The van der Waals surface area contributed by atoms with Gasteiger partial charge in [0, 0.05) is 57.6 Å². The van der Waals surface area contributed by atoms with Crippen LogP contribution in [-0.4, -0.2) is 108 Å². The molecule has 5 heterocycles. The van der Waals surface area contributed by atoms with Crippen LogP contribution in [0, 0.1) is 12.7 Å². The van der Waals surface area contributed by atoms with Gasteiger partial charge in [0.25, 0.3) is 0 Å². The van der Waals surface area contributed by atoms with Crippen molar-refractivity contribution < 1.29 is 45.7 Å². The molecule has 0 N–H and O–H groups in total. The Kier molecular flexibility index (Phi) is 13.2. The summed E-state index contributed by atoms with van der Waals surface area (Å²) in [4.78, 5) is 34.1. The number of nitrogens with zero attached hydrogens (tertiary/aromatic N) is 7. The molecule has 2 atom stereocenters. The zero-order chi connectivity index (χ0) is 47.1. The van der Waals surface area contributed by atoms with Gasteiger partial charge in [0.05, 0.1) is 41.6 Å². The highest BCUT2D eigenvalue weighted by Gasteiger charge is 2.49. The molecule has 0 unspecified atom stereocenters. The van der Waals surface area contributed by atoms with E-state index in [1.807, 2.05) is 29.2 Å². The van der Waals surface area contributed by atoms with Gasteiger partial charge >= 0.3 is 18.3 Å². The molecule has 0 spiro atoms. The van der Waals surface area contributed by atoms with Crippen molar-refractivity contribution in [2.45, 2.75) is 83.5 Å². The zero-order valence-electron chi connectivity index (χ0n) is 37.8. The van der Waals surface area contributed by atoms with E-state index in [2.05, 4.69) is 14.9 Å². The minimum atomic E-state index is -4.98. The highest BCUT2D eigenvalue weighted by molar-refractivity contribution is 6.34. The molecule has 0 bridgehead atoms. The maximum absolute atomic E-state index is 17.7. The number of aromatic nitrogens is 3. The predicted molar refractivity (Wildman–Crippen MR) is 242 cm³/mol. The lowest BCUT2D eigenvalue weighted by atomic mass is 9.95. The summed E-state index contributed by atoms with van der Waals surface area (Å²) >= 11 is 6.96. The predicted octanol–water partition coefficient (Wildman–Crippen LogP) is 10.0. The number of ether oxygens (including phenoxy) is 4. The van der Waals surface area contributed by atoms with Crippen molar-refractivity contribution in [1.29, 1.82) is 0 Å². The Morgan fingerprint density at radius 1 is 0.894 bits per heavy atom. The largest absolute Gasteiger partial charge is 0.497 e. The monoisotopic (exact) mass is 937 g/mol. The second-order valence-electron chi connectivity index (χ2n) is 18.2. The number of anilines is 2. The Morgan fingerprint density at radius 2 is 1.52 bits per heavy atom. The molecule has 5 aromatic rings. The molecule has 352 valence electrons. The van der Waals surface area contributed by atoms with Crippen molar-refractivity contribution in [3.8, 4) is 28.8 Å². The summed E-state index contributed by atoms with van der Waals surface area (Å²) in [6.07, 6.45) is -4.72.